The van der Waals surface area contributed by atoms with Crippen molar-refractivity contribution in [2.75, 3.05) is 11.6 Å². The van der Waals surface area contributed by atoms with Crippen LogP contribution in [0.15, 0.2) is 40.8 Å². The van der Waals surface area contributed by atoms with Crippen molar-refractivity contribution in [1.29, 1.82) is 0 Å². The number of benzene rings is 1. The summed E-state index contributed by atoms with van der Waals surface area (Å²) in [7, 11) is 0. The number of para-hydroxylation sites is 2. The first kappa shape index (κ1) is 14.9. The standard InChI is InChI=1S/C16H21NO2S/c1-12(2)18-16-7-5-4-6-15(16)17-10-13-8-9-14(19-13)11-20-3/h4-9,12,17H,10-11H2,1-3H3. The fraction of sp³-hybridized carbons (Fsp3) is 0.375. The van der Waals surface area contributed by atoms with Gasteiger partial charge in [0.25, 0.3) is 0 Å². The van der Waals surface area contributed by atoms with Gasteiger partial charge in [-0.15, -0.1) is 0 Å². The van der Waals surface area contributed by atoms with E-state index in [1.165, 1.54) is 0 Å². The Hall–Kier alpha value is -1.55. The van der Waals surface area contributed by atoms with E-state index in [1.807, 2.05) is 50.2 Å². The van der Waals surface area contributed by atoms with Gasteiger partial charge in [-0.1, -0.05) is 12.1 Å². The average molecular weight is 291 g/mol. The van der Waals surface area contributed by atoms with Crippen LogP contribution in [-0.4, -0.2) is 12.4 Å². The van der Waals surface area contributed by atoms with E-state index in [0.29, 0.717) is 6.54 Å². The first-order chi connectivity index (χ1) is 9.69. The molecule has 3 nitrogen and oxygen atoms in total. The molecule has 4 heteroatoms. The van der Waals surface area contributed by atoms with Gasteiger partial charge in [0.05, 0.1) is 24.1 Å². The Labute approximate surface area is 124 Å². The average Bonchev–Trinajstić information content (AvgIpc) is 2.85. The minimum Gasteiger partial charge on any atom is -0.489 e. The van der Waals surface area contributed by atoms with Gasteiger partial charge in [-0.05, 0) is 44.4 Å². The summed E-state index contributed by atoms with van der Waals surface area (Å²) in [6, 6.07) is 12.0. The van der Waals surface area contributed by atoms with Crippen LogP contribution in [0.25, 0.3) is 0 Å². The maximum absolute atomic E-state index is 5.78. The molecule has 0 bridgehead atoms. The highest BCUT2D eigenvalue weighted by Crippen LogP contribution is 2.25. The van der Waals surface area contributed by atoms with Crippen LogP contribution >= 0.6 is 11.8 Å². The minimum atomic E-state index is 0.162. The number of ether oxygens (including phenoxy) is 1. The molecule has 20 heavy (non-hydrogen) atoms. The quantitative estimate of drug-likeness (QED) is 0.812. The van der Waals surface area contributed by atoms with Crippen LogP contribution in [0.1, 0.15) is 25.4 Å². The summed E-state index contributed by atoms with van der Waals surface area (Å²) >= 11 is 1.76. The second kappa shape index (κ2) is 7.29. The first-order valence-corrected chi connectivity index (χ1v) is 8.14. The molecule has 0 atom stereocenters. The maximum Gasteiger partial charge on any atom is 0.142 e. The molecule has 0 saturated carbocycles. The van der Waals surface area contributed by atoms with Crippen molar-refractivity contribution in [2.45, 2.75) is 32.2 Å². The van der Waals surface area contributed by atoms with E-state index in [2.05, 4.69) is 11.6 Å². The fourth-order valence-electron chi connectivity index (χ4n) is 1.89. The van der Waals surface area contributed by atoms with E-state index in [0.717, 1.165) is 28.7 Å². The Morgan fingerprint density at radius 1 is 1.15 bits per heavy atom. The smallest absolute Gasteiger partial charge is 0.142 e. The van der Waals surface area contributed by atoms with E-state index < -0.39 is 0 Å². The lowest BCUT2D eigenvalue weighted by molar-refractivity contribution is 0.243. The summed E-state index contributed by atoms with van der Waals surface area (Å²) in [5.41, 5.74) is 0.990. The number of nitrogens with one attached hydrogen (secondary N) is 1. The van der Waals surface area contributed by atoms with Crippen LogP contribution in [0.4, 0.5) is 5.69 Å². The van der Waals surface area contributed by atoms with Crippen molar-refractivity contribution in [3.05, 3.63) is 47.9 Å². The Kier molecular flexibility index (Phi) is 5.41. The summed E-state index contributed by atoms with van der Waals surface area (Å²) in [4.78, 5) is 0. The highest BCUT2D eigenvalue weighted by molar-refractivity contribution is 7.97. The van der Waals surface area contributed by atoms with Crippen molar-refractivity contribution in [1.82, 2.24) is 0 Å². The molecule has 0 aliphatic heterocycles. The third-order valence-electron chi connectivity index (χ3n) is 2.71. The fourth-order valence-corrected chi connectivity index (χ4v) is 2.33. The summed E-state index contributed by atoms with van der Waals surface area (Å²) in [6.07, 6.45) is 2.23. The monoisotopic (exact) mass is 291 g/mol. The number of hydrogen-bond acceptors (Lipinski definition) is 4. The van der Waals surface area contributed by atoms with Crippen LogP contribution in [0.5, 0.6) is 5.75 Å². The molecule has 0 aliphatic carbocycles. The predicted molar refractivity (Wildman–Crippen MR) is 85.5 cm³/mol. The van der Waals surface area contributed by atoms with Crippen molar-refractivity contribution in [2.24, 2.45) is 0 Å². The zero-order valence-electron chi connectivity index (χ0n) is 12.2. The van der Waals surface area contributed by atoms with Crippen molar-refractivity contribution >= 4 is 17.4 Å². The zero-order chi connectivity index (χ0) is 14.4. The lowest BCUT2D eigenvalue weighted by atomic mass is 10.3. The Bertz CT molecular complexity index is 537. The lowest BCUT2D eigenvalue weighted by Gasteiger charge is -2.14. The molecule has 0 unspecified atom stereocenters. The number of anilines is 1. The van der Waals surface area contributed by atoms with Gasteiger partial charge in [0.2, 0.25) is 0 Å². The van der Waals surface area contributed by atoms with Gasteiger partial charge in [0.1, 0.15) is 17.3 Å². The summed E-state index contributed by atoms with van der Waals surface area (Å²) in [6.45, 7) is 4.71. The van der Waals surface area contributed by atoms with Crippen LogP contribution < -0.4 is 10.1 Å². The molecule has 0 radical (unpaired) electrons. The van der Waals surface area contributed by atoms with E-state index in [4.69, 9.17) is 9.15 Å². The molecule has 0 fully saturated rings. The zero-order valence-corrected chi connectivity index (χ0v) is 13.0. The number of hydrogen-bond donors (Lipinski definition) is 1. The first-order valence-electron chi connectivity index (χ1n) is 6.75. The Balaban J connectivity index is 1.99. The molecule has 0 aliphatic rings. The molecule has 1 aromatic carbocycles. The van der Waals surface area contributed by atoms with Crippen molar-refractivity contribution < 1.29 is 9.15 Å². The van der Waals surface area contributed by atoms with Crippen LogP contribution in [-0.2, 0) is 12.3 Å². The van der Waals surface area contributed by atoms with Gasteiger partial charge < -0.3 is 14.5 Å². The summed E-state index contributed by atoms with van der Waals surface area (Å²) in [5, 5.41) is 3.36. The lowest BCUT2D eigenvalue weighted by Crippen LogP contribution is -2.08. The molecule has 1 N–H and O–H groups in total. The van der Waals surface area contributed by atoms with Crippen molar-refractivity contribution in [3.63, 3.8) is 0 Å². The second-order valence-corrected chi connectivity index (χ2v) is 5.68. The highest BCUT2D eigenvalue weighted by Gasteiger charge is 2.06. The van der Waals surface area contributed by atoms with Crippen molar-refractivity contribution in [3.8, 4) is 5.75 Å². The summed E-state index contributed by atoms with van der Waals surface area (Å²) < 4.78 is 11.5. The third kappa shape index (κ3) is 4.23. The normalized spacial score (nSPS) is 10.8. The molecule has 0 saturated heterocycles. The number of furan rings is 1. The van der Waals surface area contributed by atoms with Crippen LogP contribution in [0.3, 0.4) is 0 Å². The van der Waals surface area contributed by atoms with Gasteiger partial charge in [0, 0.05) is 0 Å². The highest BCUT2D eigenvalue weighted by atomic mass is 32.2. The molecule has 2 rings (SSSR count). The van der Waals surface area contributed by atoms with Gasteiger partial charge in [-0.2, -0.15) is 11.8 Å². The molecular weight excluding hydrogens is 270 g/mol. The Morgan fingerprint density at radius 3 is 2.65 bits per heavy atom. The SMILES string of the molecule is CSCc1ccc(CNc2ccccc2OC(C)C)o1. The Morgan fingerprint density at radius 2 is 1.90 bits per heavy atom. The van der Waals surface area contributed by atoms with E-state index >= 15 is 0 Å². The third-order valence-corrected chi connectivity index (χ3v) is 3.28. The largest absolute Gasteiger partial charge is 0.489 e. The topological polar surface area (TPSA) is 34.4 Å². The van der Waals surface area contributed by atoms with Gasteiger partial charge >= 0.3 is 0 Å². The number of thioether (sulfide) groups is 1. The van der Waals surface area contributed by atoms with Crippen LogP contribution in [0.2, 0.25) is 0 Å². The maximum atomic E-state index is 5.78. The van der Waals surface area contributed by atoms with E-state index in [-0.39, 0.29) is 6.10 Å². The molecule has 2 aromatic rings. The second-order valence-electron chi connectivity index (χ2n) is 4.82. The number of rotatable bonds is 7. The predicted octanol–water partition coefficient (Wildman–Crippen LogP) is 4.54. The minimum absolute atomic E-state index is 0.162. The summed E-state index contributed by atoms with van der Waals surface area (Å²) in [5.74, 6) is 3.74. The van der Waals surface area contributed by atoms with Gasteiger partial charge in [-0.25, -0.2) is 0 Å². The molecule has 1 aromatic heterocycles. The van der Waals surface area contributed by atoms with E-state index in [9.17, 15) is 0 Å². The van der Waals surface area contributed by atoms with Gasteiger partial charge in [-0.3, -0.25) is 0 Å². The van der Waals surface area contributed by atoms with E-state index in [1.54, 1.807) is 11.8 Å². The molecule has 1 heterocycles. The van der Waals surface area contributed by atoms with Gasteiger partial charge in [0.15, 0.2) is 0 Å². The molecule has 108 valence electrons. The van der Waals surface area contributed by atoms with Crippen LogP contribution in [0, 0.1) is 0 Å². The molecular formula is C16H21NO2S. The molecule has 0 spiro atoms. The molecule has 0 amide bonds.